The van der Waals surface area contributed by atoms with Gasteiger partial charge in [-0.05, 0) is 45.4 Å². The summed E-state index contributed by atoms with van der Waals surface area (Å²) in [5.41, 5.74) is -0.623. The maximum absolute atomic E-state index is 10.9. The van der Waals surface area contributed by atoms with Crippen LogP contribution in [0.15, 0.2) is 0 Å². The summed E-state index contributed by atoms with van der Waals surface area (Å²) in [5.74, 6) is -0.203. The lowest BCUT2D eigenvalue weighted by Gasteiger charge is -2.28. The molecule has 88 valence electrons. The van der Waals surface area contributed by atoms with Crippen LogP contribution in [0.2, 0.25) is 0 Å². The molecule has 1 saturated carbocycles. The molecule has 3 nitrogen and oxygen atoms in total. The normalized spacial score (nSPS) is 27.7. The lowest BCUT2D eigenvalue weighted by Crippen LogP contribution is -2.26. The third kappa shape index (κ3) is 3.82. The monoisotopic (exact) mass is 214 g/mol. The molecule has 0 bridgehead atoms. The van der Waals surface area contributed by atoms with Crippen LogP contribution in [0, 0.1) is 11.3 Å². The van der Waals surface area contributed by atoms with Crippen LogP contribution in [-0.2, 0) is 4.79 Å². The minimum Gasteiger partial charge on any atom is -0.481 e. The molecule has 1 rings (SSSR count). The zero-order valence-electron chi connectivity index (χ0n) is 9.70. The summed E-state index contributed by atoms with van der Waals surface area (Å²) in [6.07, 6.45) is 5.48. The van der Waals surface area contributed by atoms with Crippen LogP contribution < -0.4 is 0 Å². The first-order valence-electron chi connectivity index (χ1n) is 5.83. The summed E-state index contributed by atoms with van der Waals surface area (Å²) in [4.78, 5) is 10.9. The van der Waals surface area contributed by atoms with Crippen molar-refractivity contribution >= 4 is 5.97 Å². The van der Waals surface area contributed by atoms with Crippen molar-refractivity contribution in [1.82, 2.24) is 0 Å². The Bertz CT molecular complexity index is 223. The maximum atomic E-state index is 10.9. The fourth-order valence-corrected chi connectivity index (χ4v) is 2.20. The molecule has 3 heteroatoms. The Morgan fingerprint density at radius 3 is 2.60 bits per heavy atom. The van der Waals surface area contributed by atoms with Gasteiger partial charge in [0.05, 0.1) is 11.5 Å². The standard InChI is InChI=1S/C12H22O3/c1-12(2,11(14)15)7-6-9-4-3-5-10(13)8-9/h9-10,13H,3-8H2,1-2H3,(H,14,15)/t9-,10-/m0/s1. The minimum atomic E-state index is -0.723. The van der Waals surface area contributed by atoms with Crippen LogP contribution in [0.5, 0.6) is 0 Å². The van der Waals surface area contributed by atoms with Crippen LogP contribution in [0.1, 0.15) is 52.4 Å². The zero-order chi connectivity index (χ0) is 11.5. The van der Waals surface area contributed by atoms with Gasteiger partial charge in [-0.1, -0.05) is 12.8 Å². The van der Waals surface area contributed by atoms with Crippen LogP contribution in [0.3, 0.4) is 0 Å². The highest BCUT2D eigenvalue weighted by atomic mass is 16.4. The Hall–Kier alpha value is -0.570. The van der Waals surface area contributed by atoms with E-state index in [-0.39, 0.29) is 6.10 Å². The second-order valence-corrected chi connectivity index (χ2v) is 5.41. The first-order chi connectivity index (χ1) is 6.92. The van der Waals surface area contributed by atoms with Gasteiger partial charge in [0, 0.05) is 0 Å². The zero-order valence-corrected chi connectivity index (χ0v) is 9.70. The highest BCUT2D eigenvalue weighted by Crippen LogP contribution is 2.32. The summed E-state index contributed by atoms with van der Waals surface area (Å²) in [5, 5.41) is 18.5. The predicted molar refractivity (Wildman–Crippen MR) is 58.6 cm³/mol. The molecule has 0 spiro atoms. The van der Waals surface area contributed by atoms with Gasteiger partial charge in [-0.2, -0.15) is 0 Å². The number of aliphatic hydroxyl groups excluding tert-OH is 1. The number of aliphatic carboxylic acids is 1. The molecule has 2 atom stereocenters. The van der Waals surface area contributed by atoms with Crippen molar-refractivity contribution in [2.24, 2.45) is 11.3 Å². The van der Waals surface area contributed by atoms with Crippen LogP contribution in [0.25, 0.3) is 0 Å². The van der Waals surface area contributed by atoms with Gasteiger partial charge in [0.25, 0.3) is 0 Å². The fraction of sp³-hybridized carbons (Fsp3) is 0.917. The van der Waals surface area contributed by atoms with Crippen LogP contribution in [0.4, 0.5) is 0 Å². The van der Waals surface area contributed by atoms with E-state index in [9.17, 15) is 9.90 Å². The molecule has 0 aromatic carbocycles. The summed E-state index contributed by atoms with van der Waals surface area (Å²) < 4.78 is 0. The molecule has 0 heterocycles. The van der Waals surface area contributed by atoms with E-state index in [1.807, 2.05) is 0 Å². The van der Waals surface area contributed by atoms with Gasteiger partial charge < -0.3 is 10.2 Å². The Balaban J connectivity index is 2.33. The Labute approximate surface area is 91.5 Å². The van der Waals surface area contributed by atoms with E-state index in [4.69, 9.17) is 5.11 Å². The Kier molecular flexibility index (Phi) is 4.14. The molecule has 0 aromatic rings. The van der Waals surface area contributed by atoms with E-state index in [1.165, 1.54) is 0 Å². The molecule has 2 N–H and O–H groups in total. The number of carbonyl (C=O) groups is 1. The third-order valence-corrected chi connectivity index (χ3v) is 3.51. The maximum Gasteiger partial charge on any atom is 0.309 e. The predicted octanol–water partition coefficient (Wildman–Crippen LogP) is 2.43. The summed E-state index contributed by atoms with van der Waals surface area (Å²) in [7, 11) is 0. The Morgan fingerprint density at radius 2 is 2.07 bits per heavy atom. The number of hydrogen-bond acceptors (Lipinski definition) is 2. The number of hydrogen-bond donors (Lipinski definition) is 2. The van der Waals surface area contributed by atoms with Gasteiger partial charge in [0.2, 0.25) is 0 Å². The largest absolute Gasteiger partial charge is 0.481 e. The van der Waals surface area contributed by atoms with E-state index < -0.39 is 11.4 Å². The van der Waals surface area contributed by atoms with Gasteiger partial charge in [-0.15, -0.1) is 0 Å². The van der Waals surface area contributed by atoms with Crippen molar-refractivity contribution in [2.45, 2.75) is 58.5 Å². The van der Waals surface area contributed by atoms with Gasteiger partial charge >= 0.3 is 5.97 Å². The van der Waals surface area contributed by atoms with Crippen molar-refractivity contribution < 1.29 is 15.0 Å². The molecule has 0 amide bonds. The van der Waals surface area contributed by atoms with Crippen molar-refractivity contribution in [1.29, 1.82) is 0 Å². The van der Waals surface area contributed by atoms with E-state index in [0.717, 1.165) is 32.1 Å². The van der Waals surface area contributed by atoms with Crippen LogP contribution >= 0.6 is 0 Å². The first kappa shape index (κ1) is 12.5. The lowest BCUT2D eigenvalue weighted by atomic mass is 9.79. The number of carboxylic acid groups (broad SMARTS) is 1. The topological polar surface area (TPSA) is 57.5 Å². The first-order valence-corrected chi connectivity index (χ1v) is 5.83. The number of carboxylic acids is 1. The second-order valence-electron chi connectivity index (χ2n) is 5.41. The average Bonchev–Trinajstić information content (AvgIpc) is 2.15. The van der Waals surface area contributed by atoms with Crippen molar-refractivity contribution in [3.05, 3.63) is 0 Å². The third-order valence-electron chi connectivity index (χ3n) is 3.51. The molecule has 0 saturated heterocycles. The van der Waals surface area contributed by atoms with E-state index in [0.29, 0.717) is 12.3 Å². The molecular weight excluding hydrogens is 192 g/mol. The fourth-order valence-electron chi connectivity index (χ4n) is 2.20. The molecule has 0 aromatic heterocycles. The molecule has 1 fully saturated rings. The molecule has 1 aliphatic carbocycles. The quantitative estimate of drug-likeness (QED) is 0.755. The molecule has 1 aliphatic rings. The summed E-state index contributed by atoms with van der Waals surface area (Å²) in [6.45, 7) is 3.54. The molecule has 0 unspecified atom stereocenters. The van der Waals surface area contributed by atoms with E-state index >= 15 is 0 Å². The van der Waals surface area contributed by atoms with E-state index in [1.54, 1.807) is 13.8 Å². The molecule has 0 radical (unpaired) electrons. The van der Waals surface area contributed by atoms with Crippen molar-refractivity contribution in [3.8, 4) is 0 Å². The van der Waals surface area contributed by atoms with Crippen LogP contribution in [-0.4, -0.2) is 22.3 Å². The van der Waals surface area contributed by atoms with Gasteiger partial charge in [-0.25, -0.2) is 0 Å². The molecule has 15 heavy (non-hydrogen) atoms. The smallest absolute Gasteiger partial charge is 0.309 e. The average molecular weight is 214 g/mol. The van der Waals surface area contributed by atoms with E-state index in [2.05, 4.69) is 0 Å². The minimum absolute atomic E-state index is 0.156. The second kappa shape index (κ2) is 4.97. The number of aliphatic hydroxyl groups is 1. The van der Waals surface area contributed by atoms with Gasteiger partial charge in [0.1, 0.15) is 0 Å². The van der Waals surface area contributed by atoms with Gasteiger partial charge in [-0.3, -0.25) is 4.79 Å². The lowest BCUT2D eigenvalue weighted by molar-refractivity contribution is -0.147. The summed E-state index contributed by atoms with van der Waals surface area (Å²) >= 11 is 0. The summed E-state index contributed by atoms with van der Waals surface area (Å²) in [6, 6.07) is 0. The van der Waals surface area contributed by atoms with Gasteiger partial charge in [0.15, 0.2) is 0 Å². The number of rotatable bonds is 4. The van der Waals surface area contributed by atoms with Crippen molar-refractivity contribution in [3.63, 3.8) is 0 Å². The SMILES string of the molecule is CC(C)(CC[C@@H]1CCC[C@H](O)C1)C(=O)O. The highest BCUT2D eigenvalue weighted by Gasteiger charge is 2.29. The molecular formula is C12H22O3. The Morgan fingerprint density at radius 1 is 1.40 bits per heavy atom. The molecule has 0 aliphatic heterocycles. The highest BCUT2D eigenvalue weighted by molar-refractivity contribution is 5.73. The van der Waals surface area contributed by atoms with Crippen molar-refractivity contribution in [2.75, 3.05) is 0 Å².